The van der Waals surface area contributed by atoms with Crippen molar-refractivity contribution in [1.82, 2.24) is 4.90 Å². The molecule has 1 rings (SSSR count). The van der Waals surface area contributed by atoms with Crippen molar-refractivity contribution >= 4 is 0 Å². The lowest BCUT2D eigenvalue weighted by atomic mass is 10.0. The van der Waals surface area contributed by atoms with Gasteiger partial charge in [0.25, 0.3) is 0 Å². The Morgan fingerprint density at radius 2 is 2.10 bits per heavy atom. The van der Waals surface area contributed by atoms with Crippen molar-refractivity contribution in [1.29, 1.82) is 0 Å². The number of aliphatic hydroxyl groups is 1. The van der Waals surface area contributed by atoms with Gasteiger partial charge in [-0.2, -0.15) is 0 Å². The molecule has 0 aromatic rings. The van der Waals surface area contributed by atoms with E-state index in [1.54, 1.807) is 0 Å². The van der Waals surface area contributed by atoms with Gasteiger partial charge in [-0.25, -0.2) is 0 Å². The summed E-state index contributed by atoms with van der Waals surface area (Å²) in [6.45, 7) is 4.73. The summed E-state index contributed by atoms with van der Waals surface area (Å²) in [6.07, 6.45) is 1.22. The van der Waals surface area contributed by atoms with Crippen LogP contribution in [0, 0.1) is 5.92 Å². The minimum atomic E-state index is 0.308. The van der Waals surface area contributed by atoms with Gasteiger partial charge in [-0.3, -0.25) is 4.90 Å². The van der Waals surface area contributed by atoms with Crippen molar-refractivity contribution in [3.8, 4) is 0 Å². The molecule has 1 N–H and O–H groups in total. The Bertz CT molecular complexity index is 116. The van der Waals surface area contributed by atoms with E-state index < -0.39 is 0 Å². The van der Waals surface area contributed by atoms with E-state index in [0.29, 0.717) is 24.6 Å². The monoisotopic (exact) mass is 143 g/mol. The lowest BCUT2D eigenvalue weighted by molar-refractivity contribution is 0.144. The molecule has 1 aliphatic rings. The van der Waals surface area contributed by atoms with E-state index in [9.17, 15) is 0 Å². The third-order valence-corrected chi connectivity index (χ3v) is 2.78. The van der Waals surface area contributed by atoms with Crippen LogP contribution in [0.15, 0.2) is 0 Å². The number of likely N-dealkylation sites (tertiary alicyclic amines) is 1. The predicted molar refractivity (Wildman–Crippen MR) is 41.9 cm³/mol. The number of aliphatic hydroxyl groups excluding tert-OH is 1. The summed E-state index contributed by atoms with van der Waals surface area (Å²) >= 11 is 0. The predicted octanol–water partition coefficient (Wildman–Crippen LogP) is 0.707. The number of likely N-dealkylation sites (N-methyl/N-ethyl adjacent to an activating group) is 1. The van der Waals surface area contributed by atoms with Gasteiger partial charge in [0.1, 0.15) is 0 Å². The molecule has 1 aliphatic heterocycles. The van der Waals surface area contributed by atoms with Crippen LogP contribution in [0.3, 0.4) is 0 Å². The fourth-order valence-electron chi connectivity index (χ4n) is 1.90. The lowest BCUT2D eigenvalue weighted by Crippen LogP contribution is -2.34. The van der Waals surface area contributed by atoms with E-state index in [2.05, 4.69) is 25.8 Å². The molecule has 0 aliphatic carbocycles. The highest BCUT2D eigenvalue weighted by Gasteiger charge is 2.32. The van der Waals surface area contributed by atoms with Gasteiger partial charge in [0.15, 0.2) is 0 Å². The molecule has 2 heteroatoms. The van der Waals surface area contributed by atoms with Crippen molar-refractivity contribution in [3.05, 3.63) is 0 Å². The summed E-state index contributed by atoms with van der Waals surface area (Å²) in [4.78, 5) is 2.27. The minimum absolute atomic E-state index is 0.308. The SMILES string of the molecule is CC1C[C@@H](C)[C@@H](CO)N1C. The van der Waals surface area contributed by atoms with Gasteiger partial charge in [-0.05, 0) is 26.3 Å². The van der Waals surface area contributed by atoms with Crippen molar-refractivity contribution in [2.75, 3.05) is 13.7 Å². The number of hydrogen-bond acceptors (Lipinski definition) is 2. The van der Waals surface area contributed by atoms with Crippen molar-refractivity contribution < 1.29 is 5.11 Å². The van der Waals surface area contributed by atoms with Crippen molar-refractivity contribution in [2.24, 2.45) is 5.92 Å². The van der Waals surface area contributed by atoms with Crippen LogP contribution in [0.5, 0.6) is 0 Å². The molecule has 2 nitrogen and oxygen atoms in total. The zero-order chi connectivity index (χ0) is 7.72. The third-order valence-electron chi connectivity index (χ3n) is 2.78. The summed E-state index contributed by atoms with van der Waals surface area (Å²) in [6, 6.07) is 1.04. The van der Waals surface area contributed by atoms with E-state index in [-0.39, 0.29) is 0 Å². The highest BCUT2D eigenvalue weighted by molar-refractivity contribution is 4.87. The Kier molecular flexibility index (Phi) is 2.32. The first-order valence-electron chi connectivity index (χ1n) is 3.99. The highest BCUT2D eigenvalue weighted by Crippen LogP contribution is 2.26. The Morgan fingerprint density at radius 1 is 1.50 bits per heavy atom. The fraction of sp³-hybridized carbons (Fsp3) is 1.00. The van der Waals surface area contributed by atoms with Crippen molar-refractivity contribution in [2.45, 2.75) is 32.4 Å². The van der Waals surface area contributed by atoms with Crippen LogP contribution in [-0.2, 0) is 0 Å². The Morgan fingerprint density at radius 3 is 2.30 bits per heavy atom. The van der Waals surface area contributed by atoms with Crippen LogP contribution < -0.4 is 0 Å². The second-order valence-electron chi connectivity index (χ2n) is 3.48. The molecular formula is C8H17NO. The van der Waals surface area contributed by atoms with Gasteiger partial charge in [0.2, 0.25) is 0 Å². The highest BCUT2D eigenvalue weighted by atomic mass is 16.3. The molecule has 0 saturated carbocycles. The molecule has 1 saturated heterocycles. The average Bonchev–Trinajstić information content (AvgIpc) is 2.09. The fourth-order valence-corrected chi connectivity index (χ4v) is 1.90. The molecular weight excluding hydrogens is 126 g/mol. The summed E-state index contributed by atoms with van der Waals surface area (Å²) in [5.74, 6) is 0.657. The molecule has 0 aromatic carbocycles. The molecule has 0 bridgehead atoms. The normalized spacial score (nSPS) is 42.6. The standard InChI is InChI=1S/C8H17NO/c1-6-4-7(2)9(3)8(6)5-10/h6-8,10H,4-5H2,1-3H3/t6-,7?,8-/m1/s1. The van der Waals surface area contributed by atoms with Gasteiger partial charge in [0.05, 0.1) is 6.61 Å². The number of hydrogen-bond donors (Lipinski definition) is 1. The summed E-state index contributed by atoms with van der Waals surface area (Å²) in [7, 11) is 2.09. The van der Waals surface area contributed by atoms with E-state index >= 15 is 0 Å². The van der Waals surface area contributed by atoms with Crippen LogP contribution in [0.25, 0.3) is 0 Å². The summed E-state index contributed by atoms with van der Waals surface area (Å²) < 4.78 is 0. The number of rotatable bonds is 1. The molecule has 10 heavy (non-hydrogen) atoms. The van der Waals surface area contributed by atoms with Gasteiger partial charge in [0, 0.05) is 12.1 Å². The molecule has 0 amide bonds. The Labute approximate surface area is 62.8 Å². The number of nitrogens with zero attached hydrogens (tertiary/aromatic N) is 1. The van der Waals surface area contributed by atoms with Gasteiger partial charge < -0.3 is 5.11 Å². The minimum Gasteiger partial charge on any atom is -0.395 e. The Hall–Kier alpha value is -0.0800. The van der Waals surface area contributed by atoms with Gasteiger partial charge in [-0.1, -0.05) is 6.92 Å². The molecule has 1 heterocycles. The zero-order valence-corrected chi connectivity index (χ0v) is 7.04. The van der Waals surface area contributed by atoms with Crippen LogP contribution in [0.4, 0.5) is 0 Å². The van der Waals surface area contributed by atoms with Gasteiger partial charge in [-0.15, -0.1) is 0 Å². The maximum absolute atomic E-state index is 8.98. The van der Waals surface area contributed by atoms with Crippen LogP contribution >= 0.6 is 0 Å². The van der Waals surface area contributed by atoms with E-state index in [1.807, 2.05) is 0 Å². The van der Waals surface area contributed by atoms with Crippen LogP contribution in [-0.4, -0.2) is 35.7 Å². The van der Waals surface area contributed by atoms with E-state index in [1.165, 1.54) is 6.42 Å². The van der Waals surface area contributed by atoms with Crippen LogP contribution in [0.2, 0.25) is 0 Å². The summed E-state index contributed by atoms with van der Waals surface area (Å²) in [5.41, 5.74) is 0. The van der Waals surface area contributed by atoms with Gasteiger partial charge >= 0.3 is 0 Å². The second-order valence-corrected chi connectivity index (χ2v) is 3.48. The average molecular weight is 143 g/mol. The molecule has 0 spiro atoms. The molecule has 1 fully saturated rings. The zero-order valence-electron chi connectivity index (χ0n) is 7.04. The molecule has 3 atom stereocenters. The maximum Gasteiger partial charge on any atom is 0.0589 e. The maximum atomic E-state index is 8.98. The molecule has 1 unspecified atom stereocenters. The Balaban J connectivity index is 2.55. The second kappa shape index (κ2) is 2.89. The van der Waals surface area contributed by atoms with E-state index in [4.69, 9.17) is 5.11 Å². The molecule has 0 aromatic heterocycles. The van der Waals surface area contributed by atoms with Crippen molar-refractivity contribution in [3.63, 3.8) is 0 Å². The smallest absolute Gasteiger partial charge is 0.0589 e. The molecule has 0 radical (unpaired) electrons. The first-order valence-corrected chi connectivity index (χ1v) is 3.99. The van der Waals surface area contributed by atoms with E-state index in [0.717, 1.165) is 0 Å². The first kappa shape index (κ1) is 8.02. The third kappa shape index (κ3) is 1.18. The summed E-state index contributed by atoms with van der Waals surface area (Å²) in [5, 5.41) is 8.98. The molecule has 60 valence electrons. The topological polar surface area (TPSA) is 23.5 Å². The lowest BCUT2D eigenvalue weighted by Gasteiger charge is -2.22. The van der Waals surface area contributed by atoms with Crippen LogP contribution in [0.1, 0.15) is 20.3 Å². The largest absolute Gasteiger partial charge is 0.395 e. The quantitative estimate of drug-likeness (QED) is 0.584. The first-order chi connectivity index (χ1) is 4.66.